The van der Waals surface area contributed by atoms with Gasteiger partial charge in [0.1, 0.15) is 6.04 Å². The molecule has 0 bridgehead atoms. The second-order valence-electron chi connectivity index (χ2n) is 4.41. The van der Waals surface area contributed by atoms with Crippen LogP contribution in [0.3, 0.4) is 0 Å². The highest BCUT2D eigenvalue weighted by Gasteiger charge is 2.34. The Labute approximate surface area is 110 Å². The van der Waals surface area contributed by atoms with E-state index in [0.29, 0.717) is 19.5 Å². The van der Waals surface area contributed by atoms with Crippen molar-refractivity contribution < 1.29 is 24.6 Å². The molecule has 1 saturated heterocycles. The number of carbonyl (C=O) groups excluding carboxylic acids is 2. The molecule has 3 unspecified atom stereocenters. The molecule has 1 fully saturated rings. The van der Waals surface area contributed by atoms with Crippen LogP contribution in [0.4, 0.5) is 4.79 Å². The highest BCUT2D eigenvalue weighted by molar-refractivity contribution is 5.89. The molecule has 4 N–H and O–H groups in total. The molecule has 1 rings (SSSR count). The summed E-state index contributed by atoms with van der Waals surface area (Å²) in [6.07, 6.45) is -0.786. The summed E-state index contributed by atoms with van der Waals surface area (Å²) in [6.45, 7) is 3.68. The molecule has 0 aliphatic carbocycles. The van der Waals surface area contributed by atoms with Gasteiger partial charge in [-0.25, -0.2) is 9.59 Å². The van der Waals surface area contributed by atoms with E-state index in [1.807, 2.05) is 0 Å². The third kappa shape index (κ3) is 3.57. The lowest BCUT2D eigenvalue weighted by molar-refractivity contribution is -0.141. The number of piperazine rings is 1. The molecule has 19 heavy (non-hydrogen) atoms. The molecule has 0 radical (unpaired) electrons. The van der Waals surface area contributed by atoms with Crippen LogP contribution in [0, 0.1) is 0 Å². The van der Waals surface area contributed by atoms with Crippen molar-refractivity contribution in [3.8, 4) is 0 Å². The van der Waals surface area contributed by atoms with Crippen LogP contribution in [-0.2, 0) is 9.59 Å². The summed E-state index contributed by atoms with van der Waals surface area (Å²) in [5.41, 5.74) is 0. The standard InChI is InChI=1S/C11H19N3O5/c1-3-7-9(16)12-4-5-14(7)11(19)13-8(6(2)15)10(17)18/h6-8,15H,3-5H2,1-2H3,(H,12,16)(H,13,19)(H,17,18). The number of nitrogens with zero attached hydrogens (tertiary/aromatic N) is 1. The van der Waals surface area contributed by atoms with Crippen LogP contribution in [0.1, 0.15) is 20.3 Å². The molecule has 0 aromatic carbocycles. The van der Waals surface area contributed by atoms with Gasteiger partial charge in [-0.2, -0.15) is 0 Å². The summed E-state index contributed by atoms with van der Waals surface area (Å²) < 4.78 is 0. The molecule has 8 heteroatoms. The normalized spacial score (nSPS) is 22.4. The highest BCUT2D eigenvalue weighted by atomic mass is 16.4. The number of rotatable bonds is 4. The maximum atomic E-state index is 12.0. The molecule has 3 amide bonds. The van der Waals surface area contributed by atoms with Gasteiger partial charge in [-0.05, 0) is 13.3 Å². The first-order valence-electron chi connectivity index (χ1n) is 6.14. The van der Waals surface area contributed by atoms with Gasteiger partial charge in [-0.15, -0.1) is 0 Å². The van der Waals surface area contributed by atoms with Gasteiger partial charge in [-0.3, -0.25) is 4.79 Å². The molecule has 1 heterocycles. The van der Waals surface area contributed by atoms with E-state index in [2.05, 4.69) is 10.6 Å². The lowest BCUT2D eigenvalue weighted by Gasteiger charge is -2.35. The fourth-order valence-electron chi connectivity index (χ4n) is 1.97. The predicted octanol–water partition coefficient (Wildman–Crippen LogP) is -1.26. The number of aliphatic carboxylic acids is 1. The third-order valence-electron chi connectivity index (χ3n) is 3.01. The quantitative estimate of drug-likeness (QED) is 0.510. The van der Waals surface area contributed by atoms with Crippen molar-refractivity contribution in [2.24, 2.45) is 0 Å². The number of hydrogen-bond acceptors (Lipinski definition) is 4. The number of amides is 3. The second-order valence-corrected chi connectivity index (χ2v) is 4.41. The molecule has 8 nitrogen and oxygen atoms in total. The van der Waals surface area contributed by atoms with Crippen molar-refractivity contribution in [2.45, 2.75) is 38.5 Å². The average Bonchev–Trinajstić information content (AvgIpc) is 2.34. The summed E-state index contributed by atoms with van der Waals surface area (Å²) in [6, 6.07) is -2.66. The topological polar surface area (TPSA) is 119 Å². The minimum absolute atomic E-state index is 0.257. The van der Waals surface area contributed by atoms with Crippen LogP contribution < -0.4 is 10.6 Å². The number of hydrogen-bond donors (Lipinski definition) is 4. The maximum Gasteiger partial charge on any atom is 0.328 e. The van der Waals surface area contributed by atoms with Crippen molar-refractivity contribution in [3.63, 3.8) is 0 Å². The molecule has 108 valence electrons. The number of nitrogens with one attached hydrogen (secondary N) is 2. The molecular formula is C11H19N3O5. The van der Waals surface area contributed by atoms with E-state index < -0.39 is 30.2 Å². The second kappa shape index (κ2) is 6.37. The van der Waals surface area contributed by atoms with Gasteiger partial charge in [-0.1, -0.05) is 6.92 Å². The van der Waals surface area contributed by atoms with E-state index >= 15 is 0 Å². The van der Waals surface area contributed by atoms with Crippen LogP contribution >= 0.6 is 0 Å². The number of aliphatic hydroxyl groups excluding tert-OH is 1. The molecule has 1 aliphatic rings. The van der Waals surface area contributed by atoms with E-state index in [1.54, 1.807) is 6.92 Å². The molecule has 0 spiro atoms. The Kier molecular flexibility index (Phi) is 5.11. The van der Waals surface area contributed by atoms with Crippen molar-refractivity contribution >= 4 is 17.9 Å². The maximum absolute atomic E-state index is 12.0. The molecule has 0 aromatic rings. The third-order valence-corrected chi connectivity index (χ3v) is 3.01. The van der Waals surface area contributed by atoms with Crippen molar-refractivity contribution in [2.75, 3.05) is 13.1 Å². The molecular weight excluding hydrogens is 254 g/mol. The number of urea groups is 1. The van der Waals surface area contributed by atoms with E-state index in [4.69, 9.17) is 5.11 Å². The van der Waals surface area contributed by atoms with Crippen LogP contribution in [-0.4, -0.2) is 64.3 Å². The SMILES string of the molecule is CCC1C(=O)NCCN1C(=O)NC(C(=O)O)C(C)O. The number of carbonyl (C=O) groups is 3. The summed E-state index contributed by atoms with van der Waals surface area (Å²) in [5, 5.41) is 23.1. The first-order valence-corrected chi connectivity index (χ1v) is 6.14. The zero-order chi connectivity index (χ0) is 14.6. The van der Waals surface area contributed by atoms with Crippen molar-refractivity contribution in [3.05, 3.63) is 0 Å². The largest absolute Gasteiger partial charge is 0.480 e. The summed E-state index contributed by atoms with van der Waals surface area (Å²) >= 11 is 0. The zero-order valence-corrected chi connectivity index (χ0v) is 10.9. The van der Waals surface area contributed by atoms with Gasteiger partial charge >= 0.3 is 12.0 Å². The predicted molar refractivity (Wildman–Crippen MR) is 65.4 cm³/mol. The van der Waals surface area contributed by atoms with E-state index in [-0.39, 0.29) is 5.91 Å². The summed E-state index contributed by atoms with van der Waals surface area (Å²) in [4.78, 5) is 35.8. The molecule has 3 atom stereocenters. The van der Waals surface area contributed by atoms with Gasteiger partial charge in [0.05, 0.1) is 6.10 Å². The van der Waals surface area contributed by atoms with Crippen LogP contribution in [0.25, 0.3) is 0 Å². The van der Waals surface area contributed by atoms with Gasteiger partial charge in [0.25, 0.3) is 0 Å². The lowest BCUT2D eigenvalue weighted by Crippen LogP contribution is -2.61. The van der Waals surface area contributed by atoms with E-state index in [0.717, 1.165) is 0 Å². The van der Waals surface area contributed by atoms with E-state index in [9.17, 15) is 19.5 Å². The molecule has 0 aromatic heterocycles. The minimum Gasteiger partial charge on any atom is -0.480 e. The summed E-state index contributed by atoms with van der Waals surface area (Å²) in [7, 11) is 0. The van der Waals surface area contributed by atoms with Gasteiger partial charge in [0.2, 0.25) is 5.91 Å². The van der Waals surface area contributed by atoms with E-state index in [1.165, 1.54) is 11.8 Å². The minimum atomic E-state index is -1.39. The van der Waals surface area contributed by atoms with Crippen molar-refractivity contribution in [1.82, 2.24) is 15.5 Å². The monoisotopic (exact) mass is 273 g/mol. The fraction of sp³-hybridized carbons (Fsp3) is 0.727. The number of carboxylic acids is 1. The Hall–Kier alpha value is -1.83. The van der Waals surface area contributed by atoms with Gasteiger partial charge in [0.15, 0.2) is 6.04 Å². The van der Waals surface area contributed by atoms with Gasteiger partial charge in [0, 0.05) is 13.1 Å². The van der Waals surface area contributed by atoms with Gasteiger partial charge < -0.3 is 25.7 Å². The fourth-order valence-corrected chi connectivity index (χ4v) is 1.97. The van der Waals surface area contributed by atoms with Crippen LogP contribution in [0.2, 0.25) is 0 Å². The Morgan fingerprint density at radius 2 is 2.21 bits per heavy atom. The van der Waals surface area contributed by atoms with Crippen LogP contribution in [0.15, 0.2) is 0 Å². The zero-order valence-electron chi connectivity index (χ0n) is 10.9. The Bertz CT molecular complexity index is 371. The smallest absolute Gasteiger partial charge is 0.328 e. The average molecular weight is 273 g/mol. The molecule has 0 saturated carbocycles. The van der Waals surface area contributed by atoms with Crippen LogP contribution in [0.5, 0.6) is 0 Å². The Morgan fingerprint density at radius 3 is 2.68 bits per heavy atom. The lowest BCUT2D eigenvalue weighted by atomic mass is 10.1. The Morgan fingerprint density at radius 1 is 1.58 bits per heavy atom. The number of carboxylic acid groups (broad SMARTS) is 1. The highest BCUT2D eigenvalue weighted by Crippen LogP contribution is 2.09. The molecule has 1 aliphatic heterocycles. The number of aliphatic hydroxyl groups is 1. The summed E-state index contributed by atoms with van der Waals surface area (Å²) in [5.74, 6) is -1.58. The van der Waals surface area contributed by atoms with Crippen molar-refractivity contribution in [1.29, 1.82) is 0 Å². The first-order chi connectivity index (χ1) is 8.88. The Balaban J connectivity index is 2.75. The first kappa shape index (κ1) is 15.2.